The Hall–Kier alpha value is -3.58. The van der Waals surface area contributed by atoms with E-state index in [0.717, 1.165) is 4.70 Å². The summed E-state index contributed by atoms with van der Waals surface area (Å²) in [5.74, 6) is -0.0647. The van der Waals surface area contributed by atoms with Crippen LogP contribution in [0.2, 0.25) is 0 Å². The van der Waals surface area contributed by atoms with E-state index in [1.807, 2.05) is 18.2 Å². The molecule has 0 radical (unpaired) electrons. The zero-order valence-corrected chi connectivity index (χ0v) is 14.9. The summed E-state index contributed by atoms with van der Waals surface area (Å²) >= 11 is 1.33. The Morgan fingerprint density at radius 1 is 0.704 bits per heavy atom. The molecule has 0 saturated carbocycles. The highest BCUT2D eigenvalue weighted by Gasteiger charge is 2.12. The zero-order chi connectivity index (χ0) is 18.6. The number of amides is 2. The molecule has 0 atom stereocenters. The van der Waals surface area contributed by atoms with Crippen LogP contribution in [-0.4, -0.2) is 21.8 Å². The van der Waals surface area contributed by atoms with E-state index in [2.05, 4.69) is 20.6 Å². The predicted octanol–water partition coefficient (Wildman–Crippen LogP) is 4.20. The van der Waals surface area contributed by atoms with Crippen LogP contribution >= 0.6 is 11.3 Å². The zero-order valence-electron chi connectivity index (χ0n) is 14.0. The maximum absolute atomic E-state index is 12.2. The summed E-state index contributed by atoms with van der Waals surface area (Å²) < 4.78 is 0.816. The molecule has 0 aliphatic rings. The molecule has 0 aliphatic carbocycles. The summed E-state index contributed by atoms with van der Waals surface area (Å²) in [5.41, 5.74) is 1.57. The van der Waals surface area contributed by atoms with Gasteiger partial charge in [-0.25, -0.2) is 4.98 Å². The van der Waals surface area contributed by atoms with Crippen molar-refractivity contribution in [3.05, 3.63) is 83.9 Å². The van der Waals surface area contributed by atoms with Gasteiger partial charge in [0.1, 0.15) is 5.82 Å². The molecular formula is C20H14N4O2S. The monoisotopic (exact) mass is 374 g/mol. The molecule has 0 aliphatic heterocycles. The Balaban J connectivity index is 1.52. The third kappa shape index (κ3) is 3.83. The summed E-state index contributed by atoms with van der Waals surface area (Å²) in [4.78, 5) is 33.2. The lowest BCUT2D eigenvalue weighted by molar-refractivity contribution is 0.101. The third-order valence-electron chi connectivity index (χ3n) is 3.79. The summed E-state index contributed by atoms with van der Waals surface area (Å²) in [6, 6.07) is 21.4. The lowest BCUT2D eigenvalue weighted by atomic mass is 10.2. The predicted molar refractivity (Wildman–Crippen MR) is 106 cm³/mol. The molecule has 2 N–H and O–H groups in total. The van der Waals surface area contributed by atoms with E-state index in [0.29, 0.717) is 27.7 Å². The van der Waals surface area contributed by atoms with Crippen LogP contribution in [-0.2, 0) is 0 Å². The molecule has 6 nitrogen and oxygen atoms in total. The number of pyridine rings is 1. The van der Waals surface area contributed by atoms with Crippen molar-refractivity contribution >= 4 is 44.4 Å². The normalized spacial score (nSPS) is 10.5. The largest absolute Gasteiger partial charge is 0.306 e. The Kier molecular flexibility index (Phi) is 4.59. The number of benzene rings is 2. The van der Waals surface area contributed by atoms with Gasteiger partial charge in [-0.05, 0) is 36.4 Å². The van der Waals surface area contributed by atoms with Crippen molar-refractivity contribution in [2.45, 2.75) is 0 Å². The van der Waals surface area contributed by atoms with Crippen molar-refractivity contribution < 1.29 is 9.59 Å². The second kappa shape index (κ2) is 7.35. The number of fused-ring (bicyclic) bond motifs is 1. The van der Waals surface area contributed by atoms with Crippen LogP contribution in [0.3, 0.4) is 0 Å². The van der Waals surface area contributed by atoms with Crippen molar-refractivity contribution in [1.29, 1.82) is 0 Å². The number of rotatable bonds is 4. The first-order valence-electron chi connectivity index (χ1n) is 8.19. The number of hydrogen-bond acceptors (Lipinski definition) is 5. The highest BCUT2D eigenvalue weighted by atomic mass is 32.1. The van der Waals surface area contributed by atoms with Crippen LogP contribution < -0.4 is 10.6 Å². The van der Waals surface area contributed by atoms with Crippen molar-refractivity contribution in [3.63, 3.8) is 0 Å². The van der Waals surface area contributed by atoms with E-state index < -0.39 is 0 Å². The van der Waals surface area contributed by atoms with Gasteiger partial charge in [0.05, 0.1) is 4.70 Å². The van der Waals surface area contributed by atoms with E-state index in [-0.39, 0.29) is 11.8 Å². The lowest BCUT2D eigenvalue weighted by Gasteiger charge is -2.03. The molecule has 0 bridgehead atoms. The fraction of sp³-hybridized carbons (Fsp3) is 0. The van der Waals surface area contributed by atoms with Gasteiger partial charge in [-0.1, -0.05) is 47.7 Å². The van der Waals surface area contributed by atoms with Crippen molar-refractivity contribution in [3.8, 4) is 0 Å². The van der Waals surface area contributed by atoms with Gasteiger partial charge in [0.15, 0.2) is 10.8 Å². The second-order valence-electron chi connectivity index (χ2n) is 5.68. The van der Waals surface area contributed by atoms with Gasteiger partial charge in [-0.15, -0.1) is 0 Å². The van der Waals surface area contributed by atoms with Crippen LogP contribution in [0.25, 0.3) is 10.3 Å². The van der Waals surface area contributed by atoms with Crippen molar-refractivity contribution in [2.24, 2.45) is 0 Å². The molecule has 2 aromatic heterocycles. The van der Waals surface area contributed by atoms with Gasteiger partial charge in [0.2, 0.25) is 0 Å². The molecule has 0 saturated heterocycles. The molecule has 2 heterocycles. The molecule has 7 heteroatoms. The SMILES string of the molecule is O=C(Nc1ccc2sc(NC(=O)c3ccccc3)nc2n1)c1ccccc1. The number of aromatic nitrogens is 2. The lowest BCUT2D eigenvalue weighted by Crippen LogP contribution is -2.12. The van der Waals surface area contributed by atoms with Gasteiger partial charge in [-0.2, -0.15) is 4.98 Å². The van der Waals surface area contributed by atoms with E-state index in [1.165, 1.54) is 11.3 Å². The average Bonchev–Trinajstić information content (AvgIpc) is 3.10. The molecule has 2 aromatic carbocycles. The quantitative estimate of drug-likeness (QED) is 0.561. The molecule has 0 unspecified atom stereocenters. The van der Waals surface area contributed by atoms with Crippen LogP contribution in [0.5, 0.6) is 0 Å². The molecule has 132 valence electrons. The highest BCUT2D eigenvalue weighted by Crippen LogP contribution is 2.26. The van der Waals surface area contributed by atoms with E-state index in [4.69, 9.17) is 0 Å². The number of carbonyl (C=O) groups is 2. The highest BCUT2D eigenvalue weighted by molar-refractivity contribution is 7.22. The van der Waals surface area contributed by atoms with Crippen LogP contribution in [0, 0.1) is 0 Å². The number of nitrogens with one attached hydrogen (secondary N) is 2. The van der Waals surface area contributed by atoms with Crippen LogP contribution in [0.1, 0.15) is 20.7 Å². The average molecular weight is 374 g/mol. The minimum absolute atomic E-state index is 0.229. The summed E-state index contributed by atoms with van der Waals surface area (Å²) in [5, 5.41) is 5.98. The smallest absolute Gasteiger partial charge is 0.257 e. The summed E-state index contributed by atoms with van der Waals surface area (Å²) in [6.45, 7) is 0. The number of nitrogens with zero attached hydrogens (tertiary/aromatic N) is 2. The van der Waals surface area contributed by atoms with Gasteiger partial charge in [0, 0.05) is 11.1 Å². The van der Waals surface area contributed by atoms with Crippen LogP contribution in [0.4, 0.5) is 10.9 Å². The molecule has 0 spiro atoms. The number of hydrogen-bond donors (Lipinski definition) is 2. The summed E-state index contributed by atoms with van der Waals surface area (Å²) in [7, 11) is 0. The molecule has 2 amide bonds. The first-order valence-corrected chi connectivity index (χ1v) is 9.01. The number of thiazole rings is 1. The first kappa shape index (κ1) is 16.9. The topological polar surface area (TPSA) is 84.0 Å². The van der Waals surface area contributed by atoms with Crippen molar-refractivity contribution in [1.82, 2.24) is 9.97 Å². The minimum atomic E-state index is -0.240. The second-order valence-corrected chi connectivity index (χ2v) is 6.71. The van der Waals surface area contributed by atoms with E-state index >= 15 is 0 Å². The maximum Gasteiger partial charge on any atom is 0.257 e. The molecule has 27 heavy (non-hydrogen) atoms. The van der Waals surface area contributed by atoms with Gasteiger partial charge in [0.25, 0.3) is 11.8 Å². The van der Waals surface area contributed by atoms with E-state index in [1.54, 1.807) is 54.6 Å². The molecule has 4 rings (SSSR count). The molecular weight excluding hydrogens is 360 g/mol. The Bertz CT molecular complexity index is 1060. The number of carbonyl (C=O) groups excluding carboxylic acids is 2. The Morgan fingerprint density at radius 2 is 1.30 bits per heavy atom. The standard InChI is InChI=1S/C20H14N4O2S/c25-18(13-7-3-1-4-8-13)22-16-12-11-15-17(21-16)23-20(27-15)24-19(26)14-9-5-2-6-10-14/h1-12H,(H2,21,22,23,24,25,26). The third-order valence-corrected chi connectivity index (χ3v) is 4.71. The summed E-state index contributed by atoms with van der Waals surface area (Å²) in [6.07, 6.45) is 0. The minimum Gasteiger partial charge on any atom is -0.306 e. The number of anilines is 2. The molecule has 4 aromatic rings. The Labute approximate surface area is 158 Å². The van der Waals surface area contributed by atoms with E-state index in [9.17, 15) is 9.59 Å². The first-order chi connectivity index (χ1) is 13.2. The fourth-order valence-electron chi connectivity index (χ4n) is 2.48. The van der Waals surface area contributed by atoms with Gasteiger partial charge >= 0.3 is 0 Å². The van der Waals surface area contributed by atoms with Gasteiger partial charge < -0.3 is 5.32 Å². The molecule has 0 fully saturated rings. The fourth-order valence-corrected chi connectivity index (χ4v) is 3.28. The maximum atomic E-state index is 12.2. The Morgan fingerprint density at radius 3 is 1.93 bits per heavy atom. The van der Waals surface area contributed by atoms with Crippen LogP contribution in [0.15, 0.2) is 72.8 Å². The van der Waals surface area contributed by atoms with Gasteiger partial charge in [-0.3, -0.25) is 14.9 Å². The van der Waals surface area contributed by atoms with Crippen molar-refractivity contribution in [2.75, 3.05) is 10.6 Å².